The van der Waals surface area contributed by atoms with Crippen molar-refractivity contribution in [3.63, 3.8) is 0 Å². The second-order valence-electron chi connectivity index (χ2n) is 2.17. The molecule has 0 saturated heterocycles. The highest BCUT2D eigenvalue weighted by Gasteiger charge is 1.97. The number of rotatable bonds is 3. The summed E-state index contributed by atoms with van der Waals surface area (Å²) in [6.07, 6.45) is 0.360. The quantitative estimate of drug-likeness (QED) is 0.571. The summed E-state index contributed by atoms with van der Waals surface area (Å²) in [5, 5.41) is 6.37. The second kappa shape index (κ2) is 4.85. The lowest BCUT2D eigenvalue weighted by atomic mass is 10.4. The highest BCUT2D eigenvalue weighted by Crippen LogP contribution is 1.85. The van der Waals surface area contributed by atoms with Crippen LogP contribution in [0, 0.1) is 5.41 Å². The van der Waals surface area contributed by atoms with Gasteiger partial charge in [0.15, 0.2) is 0 Å². The molecule has 0 aliphatic rings. The van der Waals surface area contributed by atoms with Gasteiger partial charge >= 0.3 is 0 Å². The van der Waals surface area contributed by atoms with Crippen LogP contribution in [-0.2, 0) is 4.79 Å². The molecule has 0 heterocycles. The Balaban J connectivity index is 3.50. The van der Waals surface area contributed by atoms with Gasteiger partial charge in [-0.25, -0.2) is 5.41 Å². The molecule has 0 unspecified atom stereocenters. The number of carbonyl (C=O) groups is 1. The van der Waals surface area contributed by atoms with E-state index in [2.05, 4.69) is 4.99 Å². The van der Waals surface area contributed by atoms with E-state index in [9.17, 15) is 4.79 Å². The minimum absolute atomic E-state index is 0.288. The molecule has 0 fully saturated rings. The average Bonchev–Trinajstić information content (AvgIpc) is 1.85. The maximum Gasteiger partial charge on any atom is 0.256 e. The van der Waals surface area contributed by atoms with E-state index in [1.165, 1.54) is 0 Å². The Kier molecular flexibility index (Phi) is 4.37. The molecular weight excluding hydrogens is 130 g/mol. The van der Waals surface area contributed by atoms with E-state index < -0.39 is 0 Å². The third kappa shape index (κ3) is 5.15. The number of nitrogens with zero attached hydrogens (tertiary/aromatic N) is 2. The zero-order valence-electron chi connectivity index (χ0n) is 6.22. The Bertz CT molecular complexity index is 158. The van der Waals surface area contributed by atoms with E-state index in [0.29, 0.717) is 13.0 Å². The van der Waals surface area contributed by atoms with Crippen molar-refractivity contribution in [2.45, 2.75) is 6.42 Å². The van der Waals surface area contributed by atoms with Gasteiger partial charge in [0, 0.05) is 13.0 Å². The predicted molar refractivity (Wildman–Crippen MR) is 38.3 cm³/mol. The number of aliphatic imine (C=N–C) groups is 1. The summed E-state index contributed by atoms with van der Waals surface area (Å²) in [6, 6.07) is 1.70. The van der Waals surface area contributed by atoms with Crippen LogP contribution in [0.5, 0.6) is 0 Å². The van der Waals surface area contributed by atoms with Crippen LogP contribution in [0.15, 0.2) is 4.99 Å². The first-order chi connectivity index (χ1) is 4.66. The number of nitrogens with one attached hydrogen (secondary N) is 1. The van der Waals surface area contributed by atoms with Crippen LogP contribution in [0.25, 0.3) is 0 Å². The van der Waals surface area contributed by atoms with Crippen molar-refractivity contribution in [3.05, 3.63) is 0 Å². The molecule has 1 amide bonds. The summed E-state index contributed by atoms with van der Waals surface area (Å²) in [5.74, 6) is -0.288. The van der Waals surface area contributed by atoms with Crippen LogP contribution in [0.1, 0.15) is 6.42 Å². The van der Waals surface area contributed by atoms with Gasteiger partial charge in [-0.2, -0.15) is 4.99 Å². The number of amides is 1. The summed E-state index contributed by atoms with van der Waals surface area (Å²) in [4.78, 5) is 15.6. The van der Waals surface area contributed by atoms with Gasteiger partial charge in [0.2, 0.25) is 0 Å². The Morgan fingerprint density at radius 1 is 1.70 bits per heavy atom. The summed E-state index contributed by atoms with van der Waals surface area (Å²) in [5.41, 5.74) is 0. The molecule has 0 bridgehead atoms. The second-order valence-corrected chi connectivity index (χ2v) is 2.17. The first-order valence-electron chi connectivity index (χ1n) is 2.97. The molecule has 0 rings (SSSR count). The first kappa shape index (κ1) is 9.01. The minimum atomic E-state index is -0.288. The van der Waals surface area contributed by atoms with Crippen molar-refractivity contribution >= 4 is 11.9 Å². The molecule has 10 heavy (non-hydrogen) atoms. The fourth-order valence-electron chi connectivity index (χ4n) is 0.438. The normalized spacial score (nSPS) is 9.10. The summed E-state index contributed by atoms with van der Waals surface area (Å²) >= 11 is 0. The summed E-state index contributed by atoms with van der Waals surface area (Å²) in [6.45, 7) is 0.671. The first-order valence-corrected chi connectivity index (χ1v) is 2.97. The third-order valence-electron chi connectivity index (χ3n) is 0.953. The van der Waals surface area contributed by atoms with E-state index >= 15 is 0 Å². The predicted octanol–water partition coefficient (Wildman–Crippen LogP) is 0.217. The fraction of sp³-hybridized carbons (Fsp3) is 0.667. The highest BCUT2D eigenvalue weighted by molar-refractivity contribution is 5.81. The van der Waals surface area contributed by atoms with E-state index in [0.717, 1.165) is 0 Å². The van der Waals surface area contributed by atoms with Crippen molar-refractivity contribution < 1.29 is 4.79 Å². The fourth-order valence-corrected chi connectivity index (χ4v) is 0.438. The molecule has 0 aromatic heterocycles. The molecule has 4 nitrogen and oxygen atoms in total. The number of hydrogen-bond acceptors (Lipinski definition) is 3. The standard InChI is InChI=1S/C6H11N3O/c1-9(2)4-3-6(10)8-5-7/h7H,3-4H2,1-2H3. The van der Waals surface area contributed by atoms with Gasteiger partial charge < -0.3 is 4.90 Å². The van der Waals surface area contributed by atoms with Crippen molar-refractivity contribution in [1.82, 2.24) is 4.90 Å². The molecule has 0 spiro atoms. The lowest BCUT2D eigenvalue weighted by Crippen LogP contribution is -2.15. The topological polar surface area (TPSA) is 56.5 Å². The number of carbonyl (C=O) groups excluding carboxylic acids is 1. The van der Waals surface area contributed by atoms with Crippen LogP contribution >= 0.6 is 0 Å². The summed E-state index contributed by atoms with van der Waals surface area (Å²) in [7, 11) is 3.75. The van der Waals surface area contributed by atoms with Crippen LogP contribution in [0.4, 0.5) is 0 Å². The van der Waals surface area contributed by atoms with Gasteiger partial charge in [-0.3, -0.25) is 4.79 Å². The van der Waals surface area contributed by atoms with E-state index in [4.69, 9.17) is 5.41 Å². The van der Waals surface area contributed by atoms with Crippen LogP contribution in [-0.4, -0.2) is 37.5 Å². The van der Waals surface area contributed by atoms with Crippen molar-refractivity contribution in [3.8, 4) is 0 Å². The molecule has 0 aromatic carbocycles. The Morgan fingerprint density at radius 2 is 2.30 bits per heavy atom. The van der Waals surface area contributed by atoms with Gasteiger partial charge in [-0.1, -0.05) is 0 Å². The molecular formula is C6H11N3O. The molecule has 56 valence electrons. The smallest absolute Gasteiger partial charge is 0.256 e. The van der Waals surface area contributed by atoms with Crippen LogP contribution in [0.3, 0.4) is 0 Å². The van der Waals surface area contributed by atoms with Gasteiger partial charge in [0.25, 0.3) is 5.91 Å². The van der Waals surface area contributed by atoms with E-state index in [1.54, 1.807) is 6.01 Å². The third-order valence-corrected chi connectivity index (χ3v) is 0.953. The van der Waals surface area contributed by atoms with Gasteiger partial charge in [-0.05, 0) is 14.1 Å². The van der Waals surface area contributed by atoms with Crippen molar-refractivity contribution in [2.75, 3.05) is 20.6 Å². The molecule has 0 aliphatic heterocycles. The lowest BCUT2D eigenvalue weighted by Gasteiger charge is -2.05. The highest BCUT2D eigenvalue weighted by atomic mass is 16.1. The maximum atomic E-state index is 10.6. The molecule has 0 atom stereocenters. The average molecular weight is 141 g/mol. The SMILES string of the molecule is CN(C)CCC(=O)N=C=N. The van der Waals surface area contributed by atoms with Crippen LogP contribution in [0.2, 0.25) is 0 Å². The zero-order chi connectivity index (χ0) is 7.98. The van der Waals surface area contributed by atoms with Gasteiger partial charge in [0.05, 0.1) is 6.01 Å². The van der Waals surface area contributed by atoms with Crippen molar-refractivity contribution in [2.24, 2.45) is 4.99 Å². The summed E-state index contributed by atoms with van der Waals surface area (Å²) < 4.78 is 0. The lowest BCUT2D eigenvalue weighted by molar-refractivity contribution is -0.117. The molecule has 0 radical (unpaired) electrons. The van der Waals surface area contributed by atoms with E-state index in [1.807, 2.05) is 19.0 Å². The Morgan fingerprint density at radius 3 is 2.70 bits per heavy atom. The largest absolute Gasteiger partial charge is 0.309 e. The molecule has 1 N–H and O–H groups in total. The van der Waals surface area contributed by atoms with Gasteiger partial charge in [0.1, 0.15) is 0 Å². The Labute approximate surface area is 60.1 Å². The molecule has 0 aliphatic carbocycles. The monoisotopic (exact) mass is 141 g/mol. The zero-order valence-corrected chi connectivity index (χ0v) is 6.22. The molecule has 0 aromatic rings. The van der Waals surface area contributed by atoms with Crippen molar-refractivity contribution in [1.29, 1.82) is 5.41 Å². The maximum absolute atomic E-state index is 10.6. The van der Waals surface area contributed by atoms with Crippen LogP contribution < -0.4 is 0 Å². The number of hydrogen-bond donors (Lipinski definition) is 1. The minimum Gasteiger partial charge on any atom is -0.309 e. The van der Waals surface area contributed by atoms with Gasteiger partial charge in [-0.15, -0.1) is 0 Å². The van der Waals surface area contributed by atoms with E-state index in [-0.39, 0.29) is 5.91 Å². The molecule has 0 saturated carbocycles. The Hall–Kier alpha value is -0.990. The molecule has 4 heteroatoms.